The predicted octanol–water partition coefficient (Wildman–Crippen LogP) is 1.82. The van der Waals surface area contributed by atoms with Gasteiger partial charge in [0.2, 0.25) is 5.91 Å². The van der Waals surface area contributed by atoms with Crippen LogP contribution in [0.2, 0.25) is 0 Å². The second-order valence-electron chi connectivity index (χ2n) is 4.43. The number of anilines is 1. The number of hydrogen-bond acceptors (Lipinski definition) is 2. The highest BCUT2D eigenvalue weighted by molar-refractivity contribution is 5.96. The number of hydrogen-bond donors (Lipinski definition) is 1. The minimum atomic E-state index is -0.0117. The van der Waals surface area contributed by atoms with Crippen LogP contribution in [0.15, 0.2) is 24.4 Å². The van der Waals surface area contributed by atoms with E-state index in [0.29, 0.717) is 5.82 Å². The van der Waals surface area contributed by atoms with Gasteiger partial charge in [0, 0.05) is 6.20 Å². The van der Waals surface area contributed by atoms with Gasteiger partial charge in [0.05, 0.1) is 5.41 Å². The molecule has 0 saturated heterocycles. The molecule has 1 amide bonds. The Morgan fingerprint density at radius 1 is 1.43 bits per heavy atom. The van der Waals surface area contributed by atoms with Crippen molar-refractivity contribution >= 4 is 11.7 Å². The van der Waals surface area contributed by atoms with Crippen LogP contribution in [0.1, 0.15) is 19.3 Å². The zero-order chi connectivity index (χ0) is 9.60. The number of nitrogens with zero attached hydrogens (tertiary/aromatic N) is 1. The number of pyridine rings is 1. The number of nitrogens with one attached hydrogen (secondary N) is 1. The van der Waals surface area contributed by atoms with E-state index in [9.17, 15) is 4.79 Å². The SMILES string of the molecule is O=C(Nc1ccccn1)C12CC(C1)C2. The predicted molar refractivity (Wildman–Crippen MR) is 52.6 cm³/mol. The fraction of sp³-hybridized carbons (Fsp3) is 0.455. The van der Waals surface area contributed by atoms with Crippen molar-refractivity contribution in [3.05, 3.63) is 24.4 Å². The first kappa shape index (κ1) is 7.97. The summed E-state index contributed by atoms with van der Waals surface area (Å²) in [6, 6.07) is 5.55. The monoisotopic (exact) mass is 188 g/mol. The fourth-order valence-corrected chi connectivity index (χ4v) is 2.44. The maximum atomic E-state index is 11.8. The number of carbonyl (C=O) groups excluding carboxylic acids is 1. The molecule has 0 aromatic carbocycles. The number of amides is 1. The summed E-state index contributed by atoms with van der Waals surface area (Å²) in [6.07, 6.45) is 4.96. The summed E-state index contributed by atoms with van der Waals surface area (Å²) in [5.41, 5.74) is -0.0117. The lowest BCUT2D eigenvalue weighted by Gasteiger charge is -2.59. The molecule has 4 rings (SSSR count). The molecule has 1 heterocycles. The van der Waals surface area contributed by atoms with Crippen molar-refractivity contribution in [2.24, 2.45) is 11.3 Å². The van der Waals surface area contributed by atoms with Crippen molar-refractivity contribution in [2.45, 2.75) is 19.3 Å². The summed E-state index contributed by atoms with van der Waals surface area (Å²) < 4.78 is 0. The van der Waals surface area contributed by atoms with Crippen molar-refractivity contribution in [3.8, 4) is 0 Å². The first-order chi connectivity index (χ1) is 6.78. The van der Waals surface area contributed by atoms with Crippen LogP contribution in [0.25, 0.3) is 0 Å². The average molecular weight is 188 g/mol. The minimum Gasteiger partial charge on any atom is -0.310 e. The van der Waals surface area contributed by atoms with E-state index in [-0.39, 0.29) is 11.3 Å². The van der Waals surface area contributed by atoms with E-state index < -0.39 is 0 Å². The summed E-state index contributed by atoms with van der Waals surface area (Å²) in [7, 11) is 0. The van der Waals surface area contributed by atoms with Gasteiger partial charge < -0.3 is 5.32 Å². The van der Waals surface area contributed by atoms with E-state index in [1.807, 2.05) is 18.2 Å². The van der Waals surface area contributed by atoms with E-state index in [0.717, 1.165) is 25.2 Å². The molecule has 0 unspecified atom stereocenters. The standard InChI is InChI=1S/C11H12N2O/c14-10(11-5-8(6-11)7-11)13-9-3-1-2-4-12-9/h1-4,8H,5-7H2,(H,12,13,14). The van der Waals surface area contributed by atoms with Crippen LogP contribution in [0.5, 0.6) is 0 Å². The molecule has 3 nitrogen and oxygen atoms in total. The Labute approximate surface area is 82.5 Å². The number of carbonyl (C=O) groups is 1. The van der Waals surface area contributed by atoms with Gasteiger partial charge >= 0.3 is 0 Å². The van der Waals surface area contributed by atoms with E-state index in [1.165, 1.54) is 0 Å². The Bertz CT molecular complexity index is 357. The van der Waals surface area contributed by atoms with Crippen molar-refractivity contribution in [1.29, 1.82) is 0 Å². The van der Waals surface area contributed by atoms with Crippen molar-refractivity contribution in [1.82, 2.24) is 4.98 Å². The van der Waals surface area contributed by atoms with Crippen LogP contribution < -0.4 is 5.32 Å². The van der Waals surface area contributed by atoms with Crippen LogP contribution in [-0.2, 0) is 4.79 Å². The van der Waals surface area contributed by atoms with E-state index in [1.54, 1.807) is 6.20 Å². The van der Waals surface area contributed by atoms with Gasteiger partial charge in [-0.1, -0.05) is 6.07 Å². The molecule has 3 aliphatic carbocycles. The second kappa shape index (κ2) is 2.56. The molecule has 1 N–H and O–H groups in total. The first-order valence-electron chi connectivity index (χ1n) is 5.01. The highest BCUT2D eigenvalue weighted by Crippen LogP contribution is 2.64. The molecule has 0 spiro atoms. The Hall–Kier alpha value is -1.38. The first-order valence-corrected chi connectivity index (χ1v) is 5.01. The van der Waals surface area contributed by atoms with Crippen molar-refractivity contribution in [3.63, 3.8) is 0 Å². The summed E-state index contributed by atoms with van der Waals surface area (Å²) in [5.74, 6) is 1.67. The van der Waals surface area contributed by atoms with Gasteiger partial charge in [0.25, 0.3) is 0 Å². The van der Waals surface area contributed by atoms with Crippen LogP contribution in [-0.4, -0.2) is 10.9 Å². The van der Waals surface area contributed by atoms with Gasteiger partial charge in [-0.3, -0.25) is 4.79 Å². The maximum absolute atomic E-state index is 11.8. The molecule has 72 valence electrons. The normalized spacial score (nSPS) is 32.7. The van der Waals surface area contributed by atoms with Crippen LogP contribution in [0.4, 0.5) is 5.82 Å². The molecule has 0 atom stereocenters. The molecule has 1 aromatic rings. The lowest BCUT2D eigenvalue weighted by atomic mass is 9.44. The fourth-order valence-electron chi connectivity index (χ4n) is 2.44. The largest absolute Gasteiger partial charge is 0.310 e. The van der Waals surface area contributed by atoms with Crippen LogP contribution in [0, 0.1) is 11.3 Å². The quantitative estimate of drug-likeness (QED) is 0.769. The minimum absolute atomic E-state index is 0.0117. The summed E-state index contributed by atoms with van der Waals surface area (Å²) in [5, 5.41) is 2.87. The lowest BCUT2D eigenvalue weighted by Crippen LogP contribution is -2.58. The van der Waals surface area contributed by atoms with Crippen LogP contribution >= 0.6 is 0 Å². The van der Waals surface area contributed by atoms with Gasteiger partial charge in [-0.15, -0.1) is 0 Å². The topological polar surface area (TPSA) is 42.0 Å². The second-order valence-corrected chi connectivity index (χ2v) is 4.43. The molecule has 2 bridgehead atoms. The molecule has 1 aromatic heterocycles. The molecular weight excluding hydrogens is 176 g/mol. The van der Waals surface area contributed by atoms with Crippen molar-refractivity contribution in [2.75, 3.05) is 5.32 Å². The molecule has 0 aliphatic heterocycles. The Kier molecular flexibility index (Phi) is 1.46. The lowest BCUT2D eigenvalue weighted by molar-refractivity contribution is -0.158. The molecule has 3 fully saturated rings. The smallest absolute Gasteiger partial charge is 0.231 e. The number of aromatic nitrogens is 1. The molecule has 3 heteroatoms. The highest BCUT2D eigenvalue weighted by atomic mass is 16.2. The third-order valence-electron chi connectivity index (χ3n) is 3.43. The van der Waals surface area contributed by atoms with E-state index in [4.69, 9.17) is 0 Å². The molecule has 3 saturated carbocycles. The molecule has 14 heavy (non-hydrogen) atoms. The zero-order valence-electron chi connectivity index (χ0n) is 7.86. The average Bonchev–Trinajstić information content (AvgIpc) is 1.99. The van der Waals surface area contributed by atoms with Gasteiger partial charge in [-0.2, -0.15) is 0 Å². The third-order valence-corrected chi connectivity index (χ3v) is 3.43. The summed E-state index contributed by atoms with van der Waals surface area (Å²) >= 11 is 0. The highest BCUT2D eigenvalue weighted by Gasteiger charge is 2.61. The zero-order valence-corrected chi connectivity index (χ0v) is 7.86. The van der Waals surface area contributed by atoms with Gasteiger partial charge in [0.1, 0.15) is 5.82 Å². The van der Waals surface area contributed by atoms with Crippen molar-refractivity contribution < 1.29 is 4.79 Å². The molecule has 0 radical (unpaired) electrons. The summed E-state index contributed by atoms with van der Waals surface area (Å²) in [6.45, 7) is 0. The van der Waals surface area contributed by atoms with Gasteiger partial charge in [0.15, 0.2) is 0 Å². The van der Waals surface area contributed by atoms with E-state index in [2.05, 4.69) is 10.3 Å². The van der Waals surface area contributed by atoms with Crippen LogP contribution in [0.3, 0.4) is 0 Å². The molecule has 3 aliphatic rings. The Balaban J connectivity index is 1.70. The van der Waals surface area contributed by atoms with E-state index >= 15 is 0 Å². The number of rotatable bonds is 2. The third kappa shape index (κ3) is 0.983. The van der Waals surface area contributed by atoms with Gasteiger partial charge in [-0.25, -0.2) is 4.98 Å². The Morgan fingerprint density at radius 2 is 2.21 bits per heavy atom. The summed E-state index contributed by atoms with van der Waals surface area (Å²) in [4.78, 5) is 15.9. The Morgan fingerprint density at radius 3 is 2.71 bits per heavy atom. The van der Waals surface area contributed by atoms with Gasteiger partial charge in [-0.05, 0) is 37.3 Å². The molecular formula is C11H12N2O. The maximum Gasteiger partial charge on any atom is 0.231 e.